The first-order valence-corrected chi connectivity index (χ1v) is 9.53. The van der Waals surface area contributed by atoms with E-state index < -0.39 is 13.1 Å². The Bertz CT molecular complexity index is 1170. The highest BCUT2D eigenvalue weighted by atomic mass is 35.5. The molecule has 8 heteroatoms. The number of aromatic nitrogens is 1. The van der Waals surface area contributed by atoms with E-state index in [-0.39, 0.29) is 6.42 Å². The van der Waals surface area contributed by atoms with E-state index in [9.17, 15) is 19.9 Å². The lowest BCUT2D eigenvalue weighted by atomic mass is 9.80. The van der Waals surface area contributed by atoms with E-state index in [1.807, 2.05) is 29.0 Å². The van der Waals surface area contributed by atoms with Crippen LogP contribution >= 0.6 is 22.9 Å². The maximum atomic E-state index is 11.2. The summed E-state index contributed by atoms with van der Waals surface area (Å²) < 4.78 is 3.07. The summed E-state index contributed by atoms with van der Waals surface area (Å²) in [5.41, 5.74) is 2.89. The quantitative estimate of drug-likeness (QED) is 0.451. The van der Waals surface area contributed by atoms with E-state index in [1.54, 1.807) is 29.5 Å². The summed E-state index contributed by atoms with van der Waals surface area (Å²) >= 11 is 7.77. The van der Waals surface area contributed by atoms with Crippen molar-refractivity contribution in [2.75, 3.05) is 0 Å². The van der Waals surface area contributed by atoms with Gasteiger partial charge in [-0.05, 0) is 51.6 Å². The topological polar surface area (TPSA) is 82.7 Å². The van der Waals surface area contributed by atoms with Crippen molar-refractivity contribution < 1.29 is 19.9 Å². The number of benzene rings is 2. The molecule has 0 amide bonds. The third-order valence-electron chi connectivity index (χ3n) is 4.59. The second-order valence-corrected chi connectivity index (χ2v) is 7.75. The lowest BCUT2D eigenvalue weighted by Crippen LogP contribution is -2.29. The first kappa shape index (κ1) is 18.1. The van der Waals surface area contributed by atoms with Gasteiger partial charge in [0.25, 0.3) is 0 Å². The van der Waals surface area contributed by atoms with Gasteiger partial charge in [-0.1, -0.05) is 23.7 Å². The van der Waals surface area contributed by atoms with Crippen molar-refractivity contribution in [1.29, 1.82) is 0 Å². The largest absolute Gasteiger partial charge is 0.488 e. The average molecular weight is 400 g/mol. The van der Waals surface area contributed by atoms with Crippen LogP contribution in [0.5, 0.6) is 0 Å². The van der Waals surface area contributed by atoms with Crippen molar-refractivity contribution in [3.05, 3.63) is 64.1 Å². The van der Waals surface area contributed by atoms with Gasteiger partial charge in [0.05, 0.1) is 6.42 Å². The third-order valence-corrected chi connectivity index (χ3v) is 5.83. The number of halogens is 1. The lowest BCUT2D eigenvalue weighted by Gasteiger charge is -2.07. The molecule has 0 radical (unpaired) electrons. The van der Waals surface area contributed by atoms with Crippen molar-refractivity contribution in [3.63, 3.8) is 0 Å². The Morgan fingerprint density at radius 2 is 1.93 bits per heavy atom. The summed E-state index contributed by atoms with van der Waals surface area (Å²) in [6.45, 7) is 0.529. The predicted molar refractivity (Wildman–Crippen MR) is 109 cm³/mol. The Balaban J connectivity index is 1.84. The van der Waals surface area contributed by atoms with E-state index in [1.165, 1.54) is 0 Å². The minimum atomic E-state index is -1.58. The molecule has 0 aliphatic carbocycles. The van der Waals surface area contributed by atoms with Gasteiger partial charge in [0.15, 0.2) is 0 Å². The maximum Gasteiger partial charge on any atom is 0.488 e. The van der Waals surface area contributed by atoms with Gasteiger partial charge in [-0.3, -0.25) is 4.79 Å². The molecule has 2 aromatic heterocycles. The smallest absolute Gasteiger partial charge is 0.481 e. The molecule has 3 N–H and O–H groups in total. The molecule has 2 aromatic carbocycles. The van der Waals surface area contributed by atoms with E-state index >= 15 is 0 Å². The molecule has 136 valence electrons. The number of nitrogens with zero attached hydrogens (tertiary/aromatic N) is 1. The van der Waals surface area contributed by atoms with Crippen LogP contribution in [0.25, 0.3) is 21.0 Å². The van der Waals surface area contributed by atoms with Crippen LogP contribution in [0, 0.1) is 0 Å². The van der Waals surface area contributed by atoms with Gasteiger partial charge in [0.2, 0.25) is 0 Å². The van der Waals surface area contributed by atoms with Crippen LogP contribution in [0.15, 0.2) is 48.0 Å². The highest BCUT2D eigenvalue weighted by Gasteiger charge is 2.17. The van der Waals surface area contributed by atoms with Crippen molar-refractivity contribution >= 4 is 62.5 Å². The van der Waals surface area contributed by atoms with Crippen molar-refractivity contribution in [2.45, 2.75) is 13.0 Å². The third kappa shape index (κ3) is 3.47. The van der Waals surface area contributed by atoms with Crippen molar-refractivity contribution in [2.24, 2.45) is 0 Å². The van der Waals surface area contributed by atoms with Gasteiger partial charge in [-0.2, -0.15) is 0 Å². The molecule has 0 saturated heterocycles. The zero-order valence-corrected chi connectivity index (χ0v) is 15.7. The number of hydrogen-bond donors (Lipinski definition) is 3. The van der Waals surface area contributed by atoms with Crippen LogP contribution in [0.4, 0.5) is 0 Å². The normalized spacial score (nSPS) is 11.4. The fourth-order valence-electron chi connectivity index (χ4n) is 3.34. The molecule has 0 aliphatic rings. The summed E-state index contributed by atoms with van der Waals surface area (Å²) in [6, 6.07) is 10.8. The number of aliphatic carboxylic acids is 1. The van der Waals surface area contributed by atoms with Crippen LogP contribution in [0.2, 0.25) is 5.02 Å². The van der Waals surface area contributed by atoms with Crippen molar-refractivity contribution in [3.8, 4) is 0 Å². The summed E-state index contributed by atoms with van der Waals surface area (Å²) in [6.07, 6.45) is 1.72. The molecular weight excluding hydrogens is 385 g/mol. The molecule has 0 fully saturated rings. The number of carboxylic acids is 1. The number of carboxylic acid groups (broad SMARTS) is 1. The monoisotopic (exact) mass is 399 g/mol. The predicted octanol–water partition coefficient (Wildman–Crippen LogP) is 2.86. The van der Waals surface area contributed by atoms with Crippen LogP contribution in [-0.4, -0.2) is 32.8 Å². The number of carbonyl (C=O) groups is 1. The molecule has 2 heterocycles. The van der Waals surface area contributed by atoms with Crippen molar-refractivity contribution in [1.82, 2.24) is 4.57 Å². The van der Waals surface area contributed by atoms with Gasteiger partial charge in [-0.25, -0.2) is 0 Å². The van der Waals surface area contributed by atoms with Gasteiger partial charge >= 0.3 is 13.1 Å². The van der Waals surface area contributed by atoms with Crippen LogP contribution in [0.1, 0.15) is 11.1 Å². The SMILES string of the molecule is O=C(O)Cc1cn(Cc2csc3ccc(Cl)cc23)c2cc(B(O)O)ccc12. The summed E-state index contributed by atoms with van der Waals surface area (Å²) in [5, 5.41) is 32.8. The molecular formula is C19H15BClNO4S. The van der Waals surface area contributed by atoms with Gasteiger partial charge < -0.3 is 19.7 Å². The number of hydrogen-bond acceptors (Lipinski definition) is 4. The van der Waals surface area contributed by atoms with Crippen LogP contribution < -0.4 is 5.46 Å². The van der Waals surface area contributed by atoms with E-state index in [0.29, 0.717) is 22.6 Å². The van der Waals surface area contributed by atoms with Gasteiger partial charge in [0.1, 0.15) is 0 Å². The zero-order chi connectivity index (χ0) is 19.1. The summed E-state index contributed by atoms with van der Waals surface area (Å²) in [5.74, 6) is -0.909. The minimum absolute atomic E-state index is 0.0965. The second kappa shape index (κ2) is 7.01. The molecule has 0 aliphatic heterocycles. The molecule has 5 nitrogen and oxygen atoms in total. The number of thiophene rings is 1. The van der Waals surface area contributed by atoms with E-state index in [2.05, 4.69) is 5.38 Å². The number of fused-ring (bicyclic) bond motifs is 2. The molecule has 0 bridgehead atoms. The van der Waals surface area contributed by atoms with Gasteiger partial charge in [0, 0.05) is 33.4 Å². The molecule has 27 heavy (non-hydrogen) atoms. The molecule has 0 saturated carbocycles. The molecule has 4 rings (SSSR count). The maximum absolute atomic E-state index is 11.2. The summed E-state index contributed by atoms with van der Waals surface area (Å²) in [7, 11) is -1.58. The van der Waals surface area contributed by atoms with Crippen LogP contribution in [0.3, 0.4) is 0 Å². The molecule has 4 aromatic rings. The van der Waals surface area contributed by atoms with Gasteiger partial charge in [-0.15, -0.1) is 11.3 Å². The number of rotatable bonds is 5. The first-order valence-electron chi connectivity index (χ1n) is 8.27. The van der Waals surface area contributed by atoms with Crippen LogP contribution in [-0.2, 0) is 17.8 Å². The zero-order valence-electron chi connectivity index (χ0n) is 14.1. The molecule has 0 spiro atoms. The molecule has 0 unspecified atom stereocenters. The fraction of sp³-hybridized carbons (Fsp3) is 0.105. The Morgan fingerprint density at radius 3 is 2.67 bits per heavy atom. The highest BCUT2D eigenvalue weighted by molar-refractivity contribution is 7.17. The second-order valence-electron chi connectivity index (χ2n) is 6.40. The Kier molecular flexibility index (Phi) is 4.69. The highest BCUT2D eigenvalue weighted by Crippen LogP contribution is 2.31. The standard InChI is InChI=1S/C19H15BClNO4S/c21-14-2-4-18-16(7-14)12(10-27-18)9-22-8-11(5-19(23)24)15-3-1-13(20(25)26)6-17(15)22/h1-4,6-8,10,25-26H,5,9H2,(H,23,24). The van der Waals surface area contributed by atoms with E-state index in [4.69, 9.17) is 11.6 Å². The average Bonchev–Trinajstić information content (AvgIpc) is 3.16. The van der Waals surface area contributed by atoms with E-state index in [0.717, 1.165) is 26.6 Å². The first-order chi connectivity index (χ1) is 12.9. The lowest BCUT2D eigenvalue weighted by molar-refractivity contribution is -0.136. The minimum Gasteiger partial charge on any atom is -0.481 e. The Labute approximate surface area is 164 Å². The summed E-state index contributed by atoms with van der Waals surface area (Å²) in [4.78, 5) is 11.2. The molecule has 0 atom stereocenters. The Morgan fingerprint density at radius 1 is 1.11 bits per heavy atom. The fourth-order valence-corrected chi connectivity index (χ4v) is 4.45. The Hall–Kier alpha value is -2.32.